The molecular weight excluding hydrogens is 552 g/mol. The predicted molar refractivity (Wildman–Crippen MR) is 165 cm³/mol. The first-order valence-electron chi connectivity index (χ1n) is 13.1. The lowest BCUT2D eigenvalue weighted by Gasteiger charge is -2.13. The van der Waals surface area contributed by atoms with Gasteiger partial charge in [0, 0.05) is 28.6 Å². The number of thioether (sulfide) groups is 1. The number of fused-ring (bicyclic) bond motifs is 1. The van der Waals surface area contributed by atoms with Gasteiger partial charge in [-0.1, -0.05) is 48.5 Å². The number of aromatic carboxylic acids is 1. The van der Waals surface area contributed by atoms with Gasteiger partial charge in [0.25, 0.3) is 11.5 Å². The summed E-state index contributed by atoms with van der Waals surface area (Å²) in [6.45, 7) is 3.51. The van der Waals surface area contributed by atoms with Gasteiger partial charge in [-0.15, -0.1) is 11.8 Å². The van der Waals surface area contributed by atoms with Gasteiger partial charge in [0.1, 0.15) is 5.69 Å². The standard InChI is InChI=1S/C32H28N4O5S/c1-19-28(31(39)36(35(19)3)23-13-5-4-6-14-23)34-29(37)20(2)42-24-15-9-12-22(18-24)33-30(38)25-16-7-10-21-11-8-17-26(27(21)25)32(40)41/h4-18,20H,1-3H3,(H,33,38)(H,34,37)(H,40,41). The Hall–Kier alpha value is -5.09. The van der Waals surface area contributed by atoms with E-state index in [9.17, 15) is 24.3 Å². The Bertz CT molecular complexity index is 1890. The van der Waals surface area contributed by atoms with Crippen molar-refractivity contribution in [3.8, 4) is 5.69 Å². The summed E-state index contributed by atoms with van der Waals surface area (Å²) in [6, 6.07) is 26.2. The molecule has 0 aliphatic heterocycles. The molecule has 5 rings (SSSR count). The zero-order valence-electron chi connectivity index (χ0n) is 23.1. The van der Waals surface area contributed by atoms with E-state index in [1.165, 1.54) is 22.5 Å². The zero-order chi connectivity index (χ0) is 30.0. The van der Waals surface area contributed by atoms with Crippen molar-refractivity contribution in [3.05, 3.63) is 118 Å². The molecule has 0 fully saturated rings. The number of benzene rings is 4. The third-order valence-corrected chi connectivity index (χ3v) is 8.05. The Morgan fingerprint density at radius 1 is 0.857 bits per heavy atom. The van der Waals surface area contributed by atoms with Gasteiger partial charge in [0.15, 0.2) is 0 Å². The maximum Gasteiger partial charge on any atom is 0.336 e. The van der Waals surface area contributed by atoms with Gasteiger partial charge < -0.3 is 15.7 Å². The number of aromatic nitrogens is 2. The fourth-order valence-corrected chi connectivity index (χ4v) is 5.68. The van der Waals surface area contributed by atoms with Crippen LogP contribution in [-0.2, 0) is 11.8 Å². The van der Waals surface area contributed by atoms with E-state index in [1.807, 2.05) is 36.4 Å². The smallest absolute Gasteiger partial charge is 0.336 e. The molecular formula is C32H28N4O5S. The van der Waals surface area contributed by atoms with Crippen LogP contribution < -0.4 is 16.2 Å². The number of carbonyl (C=O) groups excluding carboxylic acids is 2. The number of nitrogens with one attached hydrogen (secondary N) is 2. The van der Waals surface area contributed by atoms with E-state index >= 15 is 0 Å². The van der Waals surface area contributed by atoms with E-state index in [1.54, 1.807) is 74.1 Å². The van der Waals surface area contributed by atoms with E-state index in [4.69, 9.17) is 0 Å². The molecule has 4 aromatic carbocycles. The minimum absolute atomic E-state index is 0.0478. The zero-order valence-corrected chi connectivity index (χ0v) is 23.9. The number of rotatable bonds is 8. The summed E-state index contributed by atoms with van der Waals surface area (Å²) >= 11 is 1.28. The maximum absolute atomic E-state index is 13.2. The molecule has 1 atom stereocenters. The van der Waals surface area contributed by atoms with E-state index < -0.39 is 17.1 Å². The molecule has 1 aromatic heterocycles. The van der Waals surface area contributed by atoms with Crippen molar-refractivity contribution >= 4 is 51.7 Å². The molecule has 9 nitrogen and oxygen atoms in total. The van der Waals surface area contributed by atoms with Crippen molar-refractivity contribution < 1.29 is 19.5 Å². The molecule has 0 radical (unpaired) electrons. The van der Waals surface area contributed by atoms with Crippen LogP contribution in [0.1, 0.15) is 33.3 Å². The van der Waals surface area contributed by atoms with Gasteiger partial charge in [0.2, 0.25) is 5.91 Å². The average molecular weight is 581 g/mol. The van der Waals surface area contributed by atoms with Crippen LogP contribution in [0.4, 0.5) is 11.4 Å². The second-order valence-corrected chi connectivity index (χ2v) is 11.1. The highest BCUT2D eigenvalue weighted by atomic mass is 32.2. The van der Waals surface area contributed by atoms with Crippen LogP contribution in [0.3, 0.4) is 0 Å². The molecule has 0 spiro atoms. The van der Waals surface area contributed by atoms with Crippen LogP contribution in [0.2, 0.25) is 0 Å². The normalized spacial score (nSPS) is 11.7. The highest BCUT2D eigenvalue weighted by Crippen LogP contribution is 2.28. The van der Waals surface area contributed by atoms with Crippen molar-refractivity contribution in [2.75, 3.05) is 10.6 Å². The van der Waals surface area contributed by atoms with Gasteiger partial charge >= 0.3 is 5.97 Å². The number of anilines is 2. The van der Waals surface area contributed by atoms with Gasteiger partial charge in [-0.25, -0.2) is 9.48 Å². The Balaban J connectivity index is 1.31. The third-order valence-electron chi connectivity index (χ3n) is 6.96. The highest BCUT2D eigenvalue weighted by Gasteiger charge is 2.22. The molecule has 0 saturated carbocycles. The van der Waals surface area contributed by atoms with Crippen molar-refractivity contribution in [2.24, 2.45) is 7.05 Å². The third kappa shape index (κ3) is 5.57. The van der Waals surface area contributed by atoms with Crippen molar-refractivity contribution in [1.29, 1.82) is 0 Å². The minimum Gasteiger partial charge on any atom is -0.478 e. The number of hydrogen-bond acceptors (Lipinski definition) is 5. The Morgan fingerprint density at radius 2 is 1.52 bits per heavy atom. The summed E-state index contributed by atoms with van der Waals surface area (Å²) in [7, 11) is 1.76. The second kappa shape index (κ2) is 11.8. The molecule has 10 heteroatoms. The van der Waals surface area contributed by atoms with Crippen molar-refractivity contribution in [1.82, 2.24) is 9.36 Å². The van der Waals surface area contributed by atoms with Crippen molar-refractivity contribution in [3.63, 3.8) is 0 Å². The lowest BCUT2D eigenvalue weighted by Crippen LogP contribution is -2.27. The number of amides is 2. The SMILES string of the molecule is Cc1c(NC(=O)C(C)Sc2cccc(NC(=O)c3cccc4cccc(C(=O)O)c34)c2)c(=O)n(-c2ccccc2)n1C. The Morgan fingerprint density at radius 3 is 2.21 bits per heavy atom. The minimum atomic E-state index is -1.11. The highest BCUT2D eigenvalue weighted by molar-refractivity contribution is 8.00. The number of nitrogens with zero attached hydrogens (tertiary/aromatic N) is 2. The van der Waals surface area contributed by atoms with Gasteiger partial charge in [0.05, 0.1) is 22.2 Å². The maximum atomic E-state index is 13.2. The number of para-hydroxylation sites is 1. The van der Waals surface area contributed by atoms with Gasteiger partial charge in [-0.2, -0.15) is 0 Å². The monoisotopic (exact) mass is 580 g/mol. The lowest BCUT2D eigenvalue weighted by atomic mass is 9.98. The lowest BCUT2D eigenvalue weighted by molar-refractivity contribution is -0.115. The van der Waals surface area contributed by atoms with Gasteiger partial charge in [-0.05, 0) is 61.7 Å². The summed E-state index contributed by atoms with van der Waals surface area (Å²) < 4.78 is 3.21. The molecule has 0 aliphatic carbocycles. The number of carboxylic acids is 1. The van der Waals surface area contributed by atoms with E-state index in [0.717, 1.165) is 4.90 Å². The van der Waals surface area contributed by atoms with Gasteiger partial charge in [-0.3, -0.25) is 19.1 Å². The molecule has 1 unspecified atom stereocenters. The Kier molecular flexibility index (Phi) is 7.99. The van der Waals surface area contributed by atoms with Crippen LogP contribution in [0.15, 0.2) is 101 Å². The molecule has 1 heterocycles. The number of carbonyl (C=O) groups is 3. The summed E-state index contributed by atoms with van der Waals surface area (Å²) in [4.78, 5) is 52.1. The molecule has 2 amide bonds. The average Bonchev–Trinajstić information content (AvgIpc) is 3.19. The second-order valence-electron chi connectivity index (χ2n) is 9.68. The summed E-state index contributed by atoms with van der Waals surface area (Å²) in [5, 5.41) is 15.7. The topological polar surface area (TPSA) is 122 Å². The van der Waals surface area contributed by atoms with Crippen molar-refractivity contribution in [2.45, 2.75) is 24.0 Å². The first-order chi connectivity index (χ1) is 20.2. The summed E-state index contributed by atoms with van der Waals surface area (Å²) in [5.41, 5.74) is 2.00. The van der Waals surface area contributed by atoms with E-state index in [2.05, 4.69) is 10.6 Å². The molecule has 5 aromatic rings. The van der Waals surface area contributed by atoms with Crippen LogP contribution in [-0.4, -0.2) is 37.5 Å². The molecule has 0 bridgehead atoms. The van der Waals surface area contributed by atoms with E-state index in [0.29, 0.717) is 27.8 Å². The molecule has 0 saturated heterocycles. The summed E-state index contributed by atoms with van der Waals surface area (Å²) in [6.07, 6.45) is 0. The Labute approximate surface area is 245 Å². The first-order valence-corrected chi connectivity index (χ1v) is 14.0. The van der Waals surface area contributed by atoms with Crippen LogP contribution in [0.25, 0.3) is 16.5 Å². The van der Waals surface area contributed by atoms with Crippen LogP contribution in [0.5, 0.6) is 0 Å². The summed E-state index contributed by atoms with van der Waals surface area (Å²) in [5.74, 6) is -1.90. The molecule has 42 heavy (non-hydrogen) atoms. The number of carboxylic acid groups (broad SMARTS) is 1. The van der Waals surface area contributed by atoms with Crippen LogP contribution >= 0.6 is 11.8 Å². The fourth-order valence-electron chi connectivity index (χ4n) is 4.75. The van der Waals surface area contributed by atoms with E-state index in [-0.39, 0.29) is 28.3 Å². The van der Waals surface area contributed by atoms with Crippen LogP contribution in [0, 0.1) is 6.92 Å². The predicted octanol–water partition coefficient (Wildman–Crippen LogP) is 5.71. The fraction of sp³-hybridized carbons (Fsp3) is 0.125. The molecule has 3 N–H and O–H groups in total. The number of hydrogen-bond donors (Lipinski definition) is 3. The first kappa shape index (κ1) is 28.4. The molecule has 0 aliphatic rings. The molecule has 212 valence electrons. The largest absolute Gasteiger partial charge is 0.478 e. The quantitative estimate of drug-likeness (QED) is 0.202.